The number of fused-ring (bicyclic) bond motifs is 3. The monoisotopic (exact) mass is 759 g/mol. The quantitative estimate of drug-likeness (QED) is 0.160. The molecule has 7 heterocycles. The first-order chi connectivity index (χ1) is 27.8. The molecule has 14 heteroatoms. The van der Waals surface area contributed by atoms with Crippen LogP contribution in [0.5, 0.6) is 0 Å². The Morgan fingerprint density at radius 2 is 1.75 bits per heavy atom. The molecule has 0 spiro atoms. The third-order valence-corrected chi connectivity index (χ3v) is 11.0. The molecule has 2 aromatic carbocycles. The topological polar surface area (TPSA) is 172 Å². The van der Waals surface area contributed by atoms with E-state index in [2.05, 4.69) is 32.1 Å². The van der Waals surface area contributed by atoms with Gasteiger partial charge in [0.15, 0.2) is 0 Å². The summed E-state index contributed by atoms with van der Waals surface area (Å²) in [4.78, 5) is 84.5. The van der Waals surface area contributed by atoms with Crippen LogP contribution in [0.15, 0.2) is 85.3 Å². The van der Waals surface area contributed by atoms with E-state index in [1.807, 2.05) is 54.7 Å². The molecule has 3 aliphatic heterocycles. The summed E-state index contributed by atoms with van der Waals surface area (Å²) in [6.07, 6.45) is 7.30. The van der Waals surface area contributed by atoms with Crippen molar-refractivity contribution >= 4 is 40.8 Å². The number of hydrogen-bond donors (Lipinski definition) is 2. The van der Waals surface area contributed by atoms with E-state index in [0.717, 1.165) is 75.2 Å². The normalized spacial score (nSPS) is 16.4. The van der Waals surface area contributed by atoms with Crippen LogP contribution in [0, 0.1) is 0 Å². The Hall–Kier alpha value is -7.09. The minimum absolute atomic E-state index is 0.182. The molecule has 57 heavy (non-hydrogen) atoms. The summed E-state index contributed by atoms with van der Waals surface area (Å²) >= 11 is 0. The van der Waals surface area contributed by atoms with Crippen LogP contribution in [0.2, 0.25) is 0 Å². The maximum atomic E-state index is 13.3. The van der Waals surface area contributed by atoms with E-state index in [1.54, 1.807) is 35.5 Å². The molecule has 2 N–H and O–H groups in total. The van der Waals surface area contributed by atoms with E-state index >= 15 is 0 Å². The molecule has 14 nitrogen and oxygen atoms in total. The van der Waals surface area contributed by atoms with Gasteiger partial charge in [-0.1, -0.05) is 37.3 Å². The van der Waals surface area contributed by atoms with Gasteiger partial charge in [0.2, 0.25) is 18.2 Å². The number of carbonyl (C=O) groups is 5. The maximum absolute atomic E-state index is 13.3. The van der Waals surface area contributed by atoms with E-state index in [1.165, 1.54) is 4.90 Å². The van der Waals surface area contributed by atoms with Gasteiger partial charge >= 0.3 is 0 Å². The van der Waals surface area contributed by atoms with Crippen LogP contribution in [-0.2, 0) is 47.0 Å². The molecule has 0 aliphatic carbocycles. The molecule has 5 amide bonds. The fourth-order valence-electron chi connectivity index (χ4n) is 8.08. The summed E-state index contributed by atoms with van der Waals surface area (Å²) in [6.45, 7) is 4.43. The number of aromatic nitrogens is 5. The Bertz CT molecular complexity index is 2640. The molecular formula is C43H37N9O5. The number of piperidine rings is 1. The van der Waals surface area contributed by atoms with Crippen LogP contribution in [0.3, 0.4) is 0 Å². The van der Waals surface area contributed by atoms with Crippen molar-refractivity contribution in [2.24, 2.45) is 0 Å². The van der Waals surface area contributed by atoms with Crippen LogP contribution < -0.4 is 10.6 Å². The molecule has 3 aliphatic rings. The van der Waals surface area contributed by atoms with Gasteiger partial charge in [-0.05, 0) is 59.3 Å². The summed E-state index contributed by atoms with van der Waals surface area (Å²) in [6, 6.07) is 20.0. The standard InChI is InChI=1S/C43H37N9O5/c1-2-38-48-40(37-23-50(24-53)15-16-51(37)38)29-7-3-5-26-18-34(46-21-31(26)29)27-9-10-33(45-20-27)41(55)47-19-25-13-14-44-35(17-25)28-6-4-8-30-32(28)22-52(43(30)57)36-11-12-39(54)49-42(36)56/h3-10,13-14,17-18,20-21,24,36H,2,11-12,15-16,19,22-23H2,1H3,(H,47,55)(H,49,54,56). The molecular weight excluding hydrogens is 723 g/mol. The number of rotatable bonds is 9. The lowest BCUT2D eigenvalue weighted by Crippen LogP contribution is -2.52. The van der Waals surface area contributed by atoms with Crippen LogP contribution in [0.25, 0.3) is 44.5 Å². The van der Waals surface area contributed by atoms with Gasteiger partial charge < -0.3 is 19.7 Å². The fraction of sp³-hybridized carbons (Fsp3) is 0.233. The van der Waals surface area contributed by atoms with Crippen molar-refractivity contribution in [1.29, 1.82) is 0 Å². The minimum atomic E-state index is -0.712. The second kappa shape index (κ2) is 14.5. The number of nitrogens with one attached hydrogen (secondary N) is 2. The van der Waals surface area contributed by atoms with Crippen molar-refractivity contribution in [3.63, 3.8) is 0 Å². The lowest BCUT2D eigenvalue weighted by Gasteiger charge is -2.29. The largest absolute Gasteiger partial charge is 0.347 e. The van der Waals surface area contributed by atoms with Crippen molar-refractivity contribution in [3.8, 4) is 33.8 Å². The SMILES string of the molecule is CCc1nc(-c2cccc3cc(-c4ccc(C(=O)NCc5ccnc(-c6cccc7c6CN(C6CCC(=O)NC6=O)C7=O)c5)nc4)ncc23)c2n1CCN(C=O)C2. The minimum Gasteiger partial charge on any atom is -0.347 e. The summed E-state index contributed by atoms with van der Waals surface area (Å²) < 4.78 is 2.23. The van der Waals surface area contributed by atoms with E-state index in [-0.39, 0.29) is 49.3 Å². The average Bonchev–Trinajstić information content (AvgIpc) is 3.79. The van der Waals surface area contributed by atoms with Gasteiger partial charge in [-0.15, -0.1) is 0 Å². The Labute approximate surface area is 327 Å². The molecule has 1 unspecified atom stereocenters. The predicted octanol–water partition coefficient (Wildman–Crippen LogP) is 4.45. The van der Waals surface area contributed by atoms with Crippen LogP contribution in [0.4, 0.5) is 0 Å². The molecule has 0 radical (unpaired) electrons. The summed E-state index contributed by atoms with van der Waals surface area (Å²) in [5, 5.41) is 7.22. The Kier molecular flexibility index (Phi) is 9.07. The predicted molar refractivity (Wildman–Crippen MR) is 209 cm³/mol. The number of nitrogens with zero attached hydrogens (tertiary/aromatic N) is 7. The van der Waals surface area contributed by atoms with Crippen molar-refractivity contribution in [2.45, 2.75) is 58.4 Å². The van der Waals surface area contributed by atoms with E-state index in [4.69, 9.17) is 9.97 Å². The number of aryl methyl sites for hydroxylation is 1. The van der Waals surface area contributed by atoms with Crippen molar-refractivity contribution in [2.75, 3.05) is 6.54 Å². The third kappa shape index (κ3) is 6.48. The smallest absolute Gasteiger partial charge is 0.270 e. The van der Waals surface area contributed by atoms with Crippen LogP contribution >= 0.6 is 0 Å². The lowest BCUT2D eigenvalue weighted by atomic mass is 9.99. The summed E-state index contributed by atoms with van der Waals surface area (Å²) in [7, 11) is 0. The van der Waals surface area contributed by atoms with E-state index < -0.39 is 11.9 Å². The van der Waals surface area contributed by atoms with E-state index in [9.17, 15) is 24.0 Å². The van der Waals surface area contributed by atoms with Gasteiger partial charge in [0.05, 0.1) is 29.3 Å². The number of imidazole rings is 1. The summed E-state index contributed by atoms with van der Waals surface area (Å²) in [5.41, 5.74) is 8.06. The van der Waals surface area contributed by atoms with E-state index in [0.29, 0.717) is 30.0 Å². The van der Waals surface area contributed by atoms with Gasteiger partial charge in [-0.3, -0.25) is 44.2 Å². The highest BCUT2D eigenvalue weighted by Crippen LogP contribution is 2.36. The molecule has 0 saturated carbocycles. The molecule has 1 atom stereocenters. The third-order valence-electron chi connectivity index (χ3n) is 11.0. The highest BCUT2D eigenvalue weighted by molar-refractivity contribution is 6.06. The molecule has 9 rings (SSSR count). The highest BCUT2D eigenvalue weighted by Gasteiger charge is 2.40. The highest BCUT2D eigenvalue weighted by atomic mass is 16.2. The number of imide groups is 1. The maximum Gasteiger partial charge on any atom is 0.270 e. The fourth-order valence-corrected chi connectivity index (χ4v) is 8.08. The number of amides is 5. The van der Waals surface area contributed by atoms with Gasteiger partial charge in [0.1, 0.15) is 17.6 Å². The number of hydrogen-bond acceptors (Lipinski definition) is 9. The second-order valence-electron chi connectivity index (χ2n) is 14.4. The Morgan fingerprint density at radius 1 is 0.912 bits per heavy atom. The molecule has 6 aromatic rings. The second-order valence-corrected chi connectivity index (χ2v) is 14.4. The first-order valence-corrected chi connectivity index (χ1v) is 18.9. The first kappa shape index (κ1) is 35.6. The molecule has 1 saturated heterocycles. The number of carbonyl (C=O) groups excluding carboxylic acids is 5. The van der Waals surface area contributed by atoms with Gasteiger partial charge in [-0.2, -0.15) is 0 Å². The lowest BCUT2D eigenvalue weighted by molar-refractivity contribution is -0.137. The number of pyridine rings is 3. The van der Waals surface area contributed by atoms with Crippen LogP contribution in [-0.4, -0.2) is 76.9 Å². The molecule has 284 valence electrons. The zero-order valence-electron chi connectivity index (χ0n) is 31.1. The zero-order valence-corrected chi connectivity index (χ0v) is 31.1. The average molecular weight is 760 g/mol. The van der Waals surface area contributed by atoms with Gasteiger partial charge in [-0.25, -0.2) is 4.98 Å². The van der Waals surface area contributed by atoms with Crippen molar-refractivity contribution < 1.29 is 24.0 Å². The Morgan fingerprint density at radius 3 is 2.56 bits per heavy atom. The Balaban J connectivity index is 0.888. The van der Waals surface area contributed by atoms with Gasteiger partial charge in [0.25, 0.3) is 11.8 Å². The first-order valence-electron chi connectivity index (χ1n) is 18.9. The van der Waals surface area contributed by atoms with Crippen LogP contribution in [0.1, 0.15) is 63.3 Å². The van der Waals surface area contributed by atoms with Crippen molar-refractivity contribution in [1.82, 2.24) is 44.9 Å². The van der Waals surface area contributed by atoms with Crippen molar-refractivity contribution in [3.05, 3.63) is 119 Å². The summed E-state index contributed by atoms with van der Waals surface area (Å²) in [5.74, 6) is -0.385. The zero-order chi connectivity index (χ0) is 39.2. The molecule has 4 aromatic heterocycles. The van der Waals surface area contributed by atoms with Gasteiger partial charge in [0, 0.05) is 85.3 Å². The number of benzene rings is 2. The molecule has 1 fully saturated rings. The molecule has 0 bridgehead atoms.